The second kappa shape index (κ2) is 7.43. The summed E-state index contributed by atoms with van der Waals surface area (Å²) in [6, 6.07) is 8.71. The number of carbonyl (C=O) groups is 1. The molecule has 26 heavy (non-hydrogen) atoms. The van der Waals surface area contributed by atoms with Crippen molar-refractivity contribution in [3.05, 3.63) is 24.3 Å². The molecule has 1 amide bonds. The number of benzene rings is 1. The first-order valence-corrected chi connectivity index (χ1v) is 9.60. The lowest BCUT2D eigenvalue weighted by molar-refractivity contribution is -0.120. The molecule has 2 aliphatic carbocycles. The van der Waals surface area contributed by atoms with Crippen LogP contribution >= 0.6 is 0 Å². The highest BCUT2D eigenvalue weighted by Crippen LogP contribution is 2.36. The summed E-state index contributed by atoms with van der Waals surface area (Å²) in [5, 5.41) is 18.4. The molecule has 2 fully saturated rings. The largest absolute Gasteiger partial charge is 0.376 e. The van der Waals surface area contributed by atoms with E-state index in [4.69, 9.17) is 0 Å². The Balaban J connectivity index is 1.29. The molecular formula is C19H26N6O. The fourth-order valence-corrected chi connectivity index (χ4v) is 3.55. The molecule has 1 aromatic heterocycles. The van der Waals surface area contributed by atoms with Crippen LogP contribution in [0.2, 0.25) is 0 Å². The van der Waals surface area contributed by atoms with E-state index >= 15 is 0 Å². The number of aromatic nitrogens is 4. The zero-order valence-corrected chi connectivity index (χ0v) is 15.2. The van der Waals surface area contributed by atoms with Crippen molar-refractivity contribution in [1.82, 2.24) is 25.5 Å². The number of nitrogens with one attached hydrogen (secondary N) is 2. The van der Waals surface area contributed by atoms with Crippen molar-refractivity contribution in [1.29, 1.82) is 0 Å². The Kier molecular flexibility index (Phi) is 4.86. The van der Waals surface area contributed by atoms with Crippen molar-refractivity contribution >= 4 is 11.6 Å². The number of hydrogen-bond donors (Lipinski definition) is 2. The van der Waals surface area contributed by atoms with Gasteiger partial charge < -0.3 is 10.6 Å². The van der Waals surface area contributed by atoms with Crippen LogP contribution in [0.15, 0.2) is 24.3 Å². The van der Waals surface area contributed by atoms with Gasteiger partial charge in [0.05, 0.1) is 12.6 Å². The molecule has 4 rings (SSSR count). The molecule has 0 radical (unpaired) electrons. The second-order valence-electron chi connectivity index (χ2n) is 7.63. The molecule has 2 aromatic rings. The fraction of sp³-hybridized carbons (Fsp3) is 0.579. The molecule has 0 bridgehead atoms. The van der Waals surface area contributed by atoms with E-state index in [-0.39, 0.29) is 5.91 Å². The van der Waals surface area contributed by atoms with Crippen LogP contribution in [-0.2, 0) is 4.79 Å². The minimum absolute atomic E-state index is 0.0614. The van der Waals surface area contributed by atoms with Gasteiger partial charge in [0.1, 0.15) is 0 Å². The Bertz CT molecular complexity index is 744. The Morgan fingerprint density at radius 2 is 1.85 bits per heavy atom. The molecule has 0 unspecified atom stereocenters. The molecule has 0 saturated heterocycles. The zero-order valence-electron chi connectivity index (χ0n) is 15.2. The van der Waals surface area contributed by atoms with Crippen LogP contribution in [0.3, 0.4) is 0 Å². The molecule has 7 nitrogen and oxygen atoms in total. The van der Waals surface area contributed by atoms with Gasteiger partial charge in [-0.05, 0) is 79.1 Å². The third-order valence-electron chi connectivity index (χ3n) is 5.36. The molecule has 0 atom stereocenters. The Morgan fingerprint density at radius 3 is 2.54 bits per heavy atom. The van der Waals surface area contributed by atoms with E-state index in [1.165, 1.54) is 12.8 Å². The Hall–Kier alpha value is -2.44. The van der Waals surface area contributed by atoms with Crippen LogP contribution in [0.1, 0.15) is 51.5 Å². The van der Waals surface area contributed by atoms with E-state index in [0.29, 0.717) is 18.6 Å². The molecular weight excluding hydrogens is 328 g/mol. The average Bonchev–Trinajstić information content (AvgIpc) is 3.39. The molecule has 7 heteroatoms. The number of rotatable bonds is 6. The van der Waals surface area contributed by atoms with Crippen LogP contribution in [-0.4, -0.2) is 38.7 Å². The first-order chi connectivity index (χ1) is 12.7. The average molecular weight is 354 g/mol. The topological polar surface area (TPSA) is 84.7 Å². The maximum absolute atomic E-state index is 12.1. The van der Waals surface area contributed by atoms with Crippen molar-refractivity contribution in [3.8, 4) is 11.4 Å². The molecule has 0 aliphatic heterocycles. The predicted molar refractivity (Wildman–Crippen MR) is 99.6 cm³/mol. The van der Waals surface area contributed by atoms with Crippen molar-refractivity contribution in [2.75, 3.05) is 11.9 Å². The molecule has 1 heterocycles. The van der Waals surface area contributed by atoms with Gasteiger partial charge in [0.25, 0.3) is 0 Å². The van der Waals surface area contributed by atoms with E-state index in [1.807, 2.05) is 28.9 Å². The minimum Gasteiger partial charge on any atom is -0.376 e. The van der Waals surface area contributed by atoms with Crippen LogP contribution < -0.4 is 10.6 Å². The highest BCUT2D eigenvalue weighted by Gasteiger charge is 2.28. The molecule has 138 valence electrons. The van der Waals surface area contributed by atoms with Crippen LogP contribution in [0.4, 0.5) is 5.69 Å². The van der Waals surface area contributed by atoms with Crippen LogP contribution in [0.25, 0.3) is 11.4 Å². The molecule has 1 aromatic carbocycles. The summed E-state index contributed by atoms with van der Waals surface area (Å²) in [4.78, 5) is 12.1. The number of tetrazole rings is 1. The maximum atomic E-state index is 12.1. The lowest BCUT2D eigenvalue weighted by Crippen LogP contribution is -2.40. The lowest BCUT2D eigenvalue weighted by atomic mass is 9.87. The number of carbonyl (C=O) groups excluding carboxylic acids is 1. The van der Waals surface area contributed by atoms with Crippen molar-refractivity contribution in [3.63, 3.8) is 0 Å². The second-order valence-corrected chi connectivity index (χ2v) is 7.63. The van der Waals surface area contributed by atoms with Crippen LogP contribution in [0, 0.1) is 5.92 Å². The number of amides is 1. The quantitative estimate of drug-likeness (QED) is 0.833. The smallest absolute Gasteiger partial charge is 0.239 e. The van der Waals surface area contributed by atoms with E-state index in [0.717, 1.165) is 48.7 Å². The summed E-state index contributed by atoms with van der Waals surface area (Å²) in [6.07, 6.45) is 6.90. The Morgan fingerprint density at radius 1 is 1.12 bits per heavy atom. The summed E-state index contributed by atoms with van der Waals surface area (Å²) in [5.74, 6) is 1.66. The van der Waals surface area contributed by atoms with Gasteiger partial charge in [0.2, 0.25) is 5.91 Å². The molecule has 0 spiro atoms. The predicted octanol–water partition coefficient (Wildman–Crippen LogP) is 2.78. The summed E-state index contributed by atoms with van der Waals surface area (Å²) in [6.45, 7) is 2.58. The van der Waals surface area contributed by atoms with Gasteiger partial charge in [-0.3, -0.25) is 4.79 Å². The third kappa shape index (κ3) is 4.03. The summed E-state index contributed by atoms with van der Waals surface area (Å²) in [5.41, 5.74) is 1.92. The van der Waals surface area contributed by atoms with Crippen molar-refractivity contribution in [2.45, 2.75) is 57.5 Å². The summed E-state index contributed by atoms with van der Waals surface area (Å²) < 4.78 is 1.90. The maximum Gasteiger partial charge on any atom is 0.239 e. The van der Waals surface area contributed by atoms with E-state index in [9.17, 15) is 4.79 Å². The molecule has 2 aliphatic rings. The first-order valence-electron chi connectivity index (χ1n) is 9.60. The summed E-state index contributed by atoms with van der Waals surface area (Å²) in [7, 11) is 0. The van der Waals surface area contributed by atoms with Gasteiger partial charge in [-0.1, -0.05) is 6.92 Å². The normalized spacial score (nSPS) is 22.8. The van der Waals surface area contributed by atoms with Crippen LogP contribution in [0.5, 0.6) is 0 Å². The lowest BCUT2D eigenvalue weighted by Gasteiger charge is -2.27. The zero-order chi connectivity index (χ0) is 17.9. The number of anilines is 1. The van der Waals surface area contributed by atoms with Gasteiger partial charge in [0.15, 0.2) is 5.82 Å². The Labute approximate surface area is 153 Å². The number of hydrogen-bond acceptors (Lipinski definition) is 5. The third-order valence-corrected chi connectivity index (χ3v) is 5.36. The standard InChI is InChI=1S/C19H26N6O/c1-13-2-6-16(7-3-13)21-18(26)12-20-15-8-4-14(5-9-15)19-22-23-24-25(19)17-10-11-17/h4-5,8-9,13,16-17,20H,2-3,6-7,10-12H2,1H3,(H,21,26). The van der Waals surface area contributed by atoms with E-state index in [2.05, 4.69) is 33.1 Å². The monoisotopic (exact) mass is 354 g/mol. The first kappa shape index (κ1) is 17.0. The SMILES string of the molecule is CC1CCC(NC(=O)CNc2ccc(-c3nnnn3C3CC3)cc2)CC1. The van der Waals surface area contributed by atoms with Gasteiger partial charge in [-0.25, -0.2) is 4.68 Å². The van der Waals surface area contributed by atoms with E-state index < -0.39 is 0 Å². The minimum atomic E-state index is 0.0614. The highest BCUT2D eigenvalue weighted by atomic mass is 16.1. The highest BCUT2D eigenvalue weighted by molar-refractivity contribution is 5.81. The summed E-state index contributed by atoms with van der Waals surface area (Å²) >= 11 is 0. The van der Waals surface area contributed by atoms with Crippen molar-refractivity contribution in [2.24, 2.45) is 5.92 Å². The van der Waals surface area contributed by atoms with Gasteiger partial charge in [-0.15, -0.1) is 5.10 Å². The van der Waals surface area contributed by atoms with Gasteiger partial charge in [-0.2, -0.15) is 0 Å². The van der Waals surface area contributed by atoms with Gasteiger partial charge in [0, 0.05) is 17.3 Å². The van der Waals surface area contributed by atoms with E-state index in [1.54, 1.807) is 0 Å². The molecule has 2 saturated carbocycles. The fourth-order valence-electron chi connectivity index (χ4n) is 3.55. The number of nitrogens with zero attached hydrogens (tertiary/aromatic N) is 4. The van der Waals surface area contributed by atoms with Gasteiger partial charge >= 0.3 is 0 Å². The van der Waals surface area contributed by atoms with Crippen molar-refractivity contribution < 1.29 is 4.79 Å². The molecule has 2 N–H and O–H groups in total.